The van der Waals surface area contributed by atoms with Crippen molar-refractivity contribution in [2.45, 2.75) is 6.54 Å². The number of carbonyl (C=O) groups excluding carboxylic acids is 1. The van der Waals surface area contributed by atoms with Crippen LogP contribution in [0.5, 0.6) is 0 Å². The van der Waals surface area contributed by atoms with Gasteiger partial charge in [-0.05, 0) is 42.0 Å². The second-order valence-electron chi connectivity index (χ2n) is 6.15. The van der Waals surface area contributed by atoms with Crippen LogP contribution in [0.1, 0.15) is 16.1 Å². The fourth-order valence-electron chi connectivity index (χ4n) is 2.72. The molecule has 0 saturated heterocycles. The molecule has 0 aliphatic rings. The second kappa shape index (κ2) is 7.66. The highest BCUT2D eigenvalue weighted by Gasteiger charge is 2.12. The number of hydrogen-bond acceptors (Lipinski definition) is 3. The van der Waals surface area contributed by atoms with Gasteiger partial charge in [0.1, 0.15) is 11.5 Å². The summed E-state index contributed by atoms with van der Waals surface area (Å²) in [5.74, 6) is -0.677. The highest BCUT2D eigenvalue weighted by molar-refractivity contribution is 6.31. The molecule has 0 radical (unpaired) electrons. The molecule has 0 fully saturated rings. The van der Waals surface area contributed by atoms with Crippen LogP contribution >= 0.6 is 11.6 Å². The number of nitrogens with one attached hydrogen (secondary N) is 2. The van der Waals surface area contributed by atoms with Gasteiger partial charge in [-0.2, -0.15) is 10.2 Å². The summed E-state index contributed by atoms with van der Waals surface area (Å²) in [6.45, 7) is 0.494. The van der Waals surface area contributed by atoms with E-state index in [9.17, 15) is 9.18 Å². The Labute approximate surface area is 165 Å². The average Bonchev–Trinajstić information content (AvgIpc) is 3.34. The summed E-state index contributed by atoms with van der Waals surface area (Å²) in [5.41, 5.74) is 3.04. The van der Waals surface area contributed by atoms with Crippen molar-refractivity contribution >= 4 is 23.2 Å². The summed E-state index contributed by atoms with van der Waals surface area (Å²) in [6, 6.07) is 15.0. The standard InChI is InChI=1S/C20H15ClFN5O/c21-17-4-2-1-3-14(17)11-27-12-16(10-23-27)24-20(28)19-9-18(25-26-19)13-5-7-15(22)8-6-13/h1-10,12H,11H2,(H,24,28)(H,25,26). The molecule has 0 saturated carbocycles. The molecule has 2 aromatic carbocycles. The largest absolute Gasteiger partial charge is 0.318 e. The maximum Gasteiger partial charge on any atom is 0.273 e. The summed E-state index contributed by atoms with van der Waals surface area (Å²) >= 11 is 6.16. The Hall–Kier alpha value is -3.45. The van der Waals surface area contributed by atoms with Crippen LogP contribution in [0, 0.1) is 5.82 Å². The monoisotopic (exact) mass is 395 g/mol. The number of aromatic nitrogens is 4. The first kappa shape index (κ1) is 17.9. The van der Waals surface area contributed by atoms with Crippen molar-refractivity contribution in [2.24, 2.45) is 0 Å². The number of H-pyrrole nitrogens is 1. The van der Waals surface area contributed by atoms with Gasteiger partial charge in [-0.25, -0.2) is 4.39 Å². The quantitative estimate of drug-likeness (QED) is 0.527. The molecule has 2 aromatic heterocycles. The molecule has 0 unspecified atom stereocenters. The van der Waals surface area contributed by atoms with Crippen molar-refractivity contribution < 1.29 is 9.18 Å². The molecular weight excluding hydrogens is 381 g/mol. The molecule has 0 aliphatic heterocycles. The van der Waals surface area contributed by atoms with Gasteiger partial charge >= 0.3 is 0 Å². The number of aromatic amines is 1. The number of benzene rings is 2. The van der Waals surface area contributed by atoms with E-state index in [1.807, 2.05) is 24.3 Å². The molecule has 28 heavy (non-hydrogen) atoms. The molecule has 140 valence electrons. The lowest BCUT2D eigenvalue weighted by Gasteiger charge is -2.04. The van der Waals surface area contributed by atoms with Crippen molar-refractivity contribution in [2.75, 3.05) is 5.32 Å². The predicted octanol–water partition coefficient (Wildman–Crippen LogP) is 4.37. The van der Waals surface area contributed by atoms with Gasteiger partial charge in [-0.3, -0.25) is 14.6 Å². The summed E-state index contributed by atoms with van der Waals surface area (Å²) in [5, 5.41) is 14.5. The highest BCUT2D eigenvalue weighted by Crippen LogP contribution is 2.19. The van der Waals surface area contributed by atoms with Gasteiger partial charge in [0.05, 0.1) is 24.1 Å². The Morgan fingerprint density at radius 2 is 1.96 bits per heavy atom. The number of rotatable bonds is 5. The Kier molecular flexibility index (Phi) is 4.90. The maximum absolute atomic E-state index is 13.0. The first-order chi connectivity index (χ1) is 13.6. The van der Waals surface area contributed by atoms with Crippen LogP contribution in [0.25, 0.3) is 11.3 Å². The smallest absolute Gasteiger partial charge is 0.273 e. The number of carbonyl (C=O) groups is 1. The fraction of sp³-hybridized carbons (Fsp3) is 0.0500. The Balaban J connectivity index is 1.44. The van der Waals surface area contributed by atoms with E-state index in [1.54, 1.807) is 35.3 Å². The molecular formula is C20H15ClFN5O. The minimum Gasteiger partial charge on any atom is -0.318 e. The van der Waals surface area contributed by atoms with Crippen molar-refractivity contribution in [1.82, 2.24) is 20.0 Å². The maximum atomic E-state index is 13.0. The van der Waals surface area contributed by atoms with Crippen LogP contribution in [-0.2, 0) is 6.54 Å². The summed E-state index contributed by atoms with van der Waals surface area (Å²) in [7, 11) is 0. The molecule has 2 N–H and O–H groups in total. The van der Waals surface area contributed by atoms with Gasteiger partial charge < -0.3 is 5.32 Å². The van der Waals surface area contributed by atoms with Crippen LogP contribution < -0.4 is 5.32 Å². The number of hydrogen-bond donors (Lipinski definition) is 2. The Bertz CT molecular complexity index is 1120. The molecule has 4 rings (SSSR count). The zero-order valence-corrected chi connectivity index (χ0v) is 15.3. The third kappa shape index (κ3) is 3.94. The van der Waals surface area contributed by atoms with Gasteiger partial charge in [-0.15, -0.1) is 0 Å². The number of nitrogens with zero attached hydrogens (tertiary/aromatic N) is 3. The summed E-state index contributed by atoms with van der Waals surface area (Å²) in [4.78, 5) is 12.4. The Morgan fingerprint density at radius 3 is 2.75 bits per heavy atom. The molecule has 0 bridgehead atoms. The number of halogens is 2. The lowest BCUT2D eigenvalue weighted by Crippen LogP contribution is -2.11. The molecule has 2 heterocycles. The van der Waals surface area contributed by atoms with E-state index >= 15 is 0 Å². The molecule has 8 heteroatoms. The molecule has 6 nitrogen and oxygen atoms in total. The molecule has 0 atom stereocenters. The van der Waals surface area contributed by atoms with Crippen LogP contribution in [0.3, 0.4) is 0 Å². The van der Waals surface area contributed by atoms with Gasteiger partial charge in [0.2, 0.25) is 0 Å². The number of amides is 1. The number of anilines is 1. The van der Waals surface area contributed by atoms with Gasteiger partial charge in [0.25, 0.3) is 5.91 Å². The van der Waals surface area contributed by atoms with Gasteiger partial charge in [0, 0.05) is 16.8 Å². The van der Waals surface area contributed by atoms with Gasteiger partial charge in [0.15, 0.2) is 0 Å². The zero-order valence-electron chi connectivity index (χ0n) is 14.6. The first-order valence-corrected chi connectivity index (χ1v) is 8.85. The lowest BCUT2D eigenvalue weighted by atomic mass is 10.1. The van der Waals surface area contributed by atoms with Crippen molar-refractivity contribution in [1.29, 1.82) is 0 Å². The van der Waals surface area contributed by atoms with E-state index in [4.69, 9.17) is 11.6 Å². The minimum absolute atomic E-state index is 0.290. The second-order valence-corrected chi connectivity index (χ2v) is 6.55. The predicted molar refractivity (Wildman–Crippen MR) is 105 cm³/mol. The van der Waals surface area contributed by atoms with Crippen molar-refractivity contribution in [3.05, 3.63) is 89.1 Å². The lowest BCUT2D eigenvalue weighted by molar-refractivity contribution is 0.102. The van der Waals surface area contributed by atoms with Crippen molar-refractivity contribution in [3.8, 4) is 11.3 Å². The van der Waals surface area contributed by atoms with E-state index in [0.29, 0.717) is 28.5 Å². The fourth-order valence-corrected chi connectivity index (χ4v) is 2.92. The van der Waals surface area contributed by atoms with Crippen molar-refractivity contribution in [3.63, 3.8) is 0 Å². The van der Waals surface area contributed by atoms with Crippen LogP contribution in [0.15, 0.2) is 67.0 Å². The van der Waals surface area contributed by atoms with E-state index < -0.39 is 0 Å². The molecule has 0 aliphatic carbocycles. The Morgan fingerprint density at radius 1 is 1.18 bits per heavy atom. The summed E-state index contributed by atoms with van der Waals surface area (Å²) in [6.07, 6.45) is 3.28. The minimum atomic E-state index is -0.349. The summed E-state index contributed by atoms with van der Waals surface area (Å²) < 4.78 is 14.7. The van der Waals surface area contributed by atoms with Crippen LogP contribution in [0.4, 0.5) is 10.1 Å². The topological polar surface area (TPSA) is 75.6 Å². The average molecular weight is 396 g/mol. The van der Waals surface area contributed by atoms with Gasteiger partial charge in [-0.1, -0.05) is 29.8 Å². The van der Waals surface area contributed by atoms with Crippen LogP contribution in [0.2, 0.25) is 5.02 Å². The van der Waals surface area contributed by atoms with E-state index in [2.05, 4.69) is 20.6 Å². The zero-order chi connectivity index (χ0) is 19.5. The SMILES string of the molecule is O=C(Nc1cnn(Cc2ccccc2Cl)c1)c1cc(-c2ccc(F)cc2)n[nH]1. The first-order valence-electron chi connectivity index (χ1n) is 8.47. The van der Waals surface area contributed by atoms with E-state index in [0.717, 1.165) is 5.56 Å². The normalized spacial score (nSPS) is 10.8. The third-order valence-electron chi connectivity index (χ3n) is 4.14. The molecule has 0 spiro atoms. The molecule has 4 aromatic rings. The van der Waals surface area contributed by atoms with E-state index in [-0.39, 0.29) is 17.4 Å². The highest BCUT2D eigenvalue weighted by atomic mass is 35.5. The third-order valence-corrected chi connectivity index (χ3v) is 4.51. The van der Waals surface area contributed by atoms with E-state index in [1.165, 1.54) is 12.1 Å². The van der Waals surface area contributed by atoms with Crippen LogP contribution in [-0.4, -0.2) is 25.9 Å². The molecule has 1 amide bonds.